The molecule has 0 aliphatic heterocycles. The Balaban J connectivity index is 2.54. The summed E-state index contributed by atoms with van der Waals surface area (Å²) < 4.78 is 0. The van der Waals surface area contributed by atoms with E-state index in [4.69, 9.17) is 0 Å². The third kappa shape index (κ3) is 6.83. The van der Waals surface area contributed by atoms with Crippen LogP contribution >= 0.6 is 0 Å². The fourth-order valence-corrected chi connectivity index (χ4v) is 1.92. The van der Waals surface area contributed by atoms with Crippen LogP contribution < -0.4 is 10.9 Å². The number of hydrogen-bond donors (Lipinski definition) is 3. The molecule has 1 heterocycles. The summed E-state index contributed by atoms with van der Waals surface area (Å²) in [5.41, 5.74) is 4.57. The van der Waals surface area contributed by atoms with Gasteiger partial charge < -0.3 is 0 Å². The molecule has 0 saturated carbocycles. The van der Waals surface area contributed by atoms with Crippen LogP contribution in [0.15, 0.2) is 18.6 Å². The van der Waals surface area contributed by atoms with E-state index < -0.39 is 17.7 Å². The van der Waals surface area contributed by atoms with Crippen LogP contribution in [0.3, 0.4) is 0 Å². The summed E-state index contributed by atoms with van der Waals surface area (Å²) in [6, 6.07) is 0. The summed E-state index contributed by atoms with van der Waals surface area (Å²) in [5.74, 6) is -1.71. The highest BCUT2D eigenvalue weighted by Crippen LogP contribution is 2.11. The molecule has 126 valence electrons. The third-order valence-electron chi connectivity index (χ3n) is 3.15. The number of carbonyl (C=O) groups is 3. The van der Waals surface area contributed by atoms with Crippen LogP contribution in [0.4, 0.5) is 0 Å². The van der Waals surface area contributed by atoms with Crippen LogP contribution in [0, 0.1) is 5.92 Å². The minimum atomic E-state index is -0.626. The predicted octanol–water partition coefficient (Wildman–Crippen LogP) is 0.282. The number of aromatic nitrogens is 2. The standard InChI is InChI=1S/C14H21N5O4/c1-2-3-4-5-11(9-19(23)10-20)13(21)17-18-14(22)12-8-15-6-7-16-12/h6-8,10-11,23H,2-5,9H2,1H3,(H,17,21)(H,18,22)/t11-/m1/s1. The number of carbonyl (C=O) groups excluding carboxylic acids is 3. The normalized spacial score (nSPS) is 11.4. The van der Waals surface area contributed by atoms with Crippen molar-refractivity contribution < 1.29 is 19.6 Å². The Labute approximate surface area is 134 Å². The molecule has 1 atom stereocenters. The fraction of sp³-hybridized carbons (Fsp3) is 0.500. The van der Waals surface area contributed by atoms with Crippen LogP contribution in [0.2, 0.25) is 0 Å². The molecule has 3 amide bonds. The van der Waals surface area contributed by atoms with Crippen molar-refractivity contribution in [1.29, 1.82) is 0 Å². The van der Waals surface area contributed by atoms with Crippen molar-refractivity contribution >= 4 is 18.2 Å². The summed E-state index contributed by atoms with van der Waals surface area (Å²) in [4.78, 5) is 41.9. The maximum Gasteiger partial charge on any atom is 0.289 e. The summed E-state index contributed by atoms with van der Waals surface area (Å²) in [6.45, 7) is 1.89. The number of nitrogens with one attached hydrogen (secondary N) is 2. The van der Waals surface area contributed by atoms with E-state index in [1.807, 2.05) is 6.92 Å². The zero-order valence-corrected chi connectivity index (χ0v) is 12.9. The molecule has 0 aliphatic rings. The van der Waals surface area contributed by atoms with Crippen LogP contribution in [-0.2, 0) is 9.59 Å². The SMILES string of the molecule is CCCCC[C@H](CN(O)C=O)C(=O)NNC(=O)c1cnccn1. The Morgan fingerprint density at radius 3 is 2.74 bits per heavy atom. The first kappa shape index (κ1) is 18.5. The zero-order valence-electron chi connectivity index (χ0n) is 12.9. The predicted molar refractivity (Wildman–Crippen MR) is 79.8 cm³/mol. The molecule has 1 aromatic rings. The molecular weight excluding hydrogens is 302 g/mol. The summed E-state index contributed by atoms with van der Waals surface area (Å²) in [7, 11) is 0. The van der Waals surface area contributed by atoms with Crippen LogP contribution in [-0.4, -0.2) is 45.0 Å². The molecule has 0 aromatic carbocycles. The summed E-state index contributed by atoms with van der Waals surface area (Å²) in [5, 5.41) is 9.69. The van der Waals surface area contributed by atoms with Gasteiger partial charge in [-0.05, 0) is 6.42 Å². The lowest BCUT2D eigenvalue weighted by molar-refractivity contribution is -0.154. The maximum atomic E-state index is 12.1. The average Bonchev–Trinajstić information content (AvgIpc) is 2.59. The molecule has 0 aliphatic carbocycles. The van der Waals surface area contributed by atoms with Crippen molar-refractivity contribution in [2.45, 2.75) is 32.6 Å². The molecule has 9 nitrogen and oxygen atoms in total. The number of hydroxylamine groups is 2. The Kier molecular flexibility index (Phi) is 8.22. The zero-order chi connectivity index (χ0) is 17.1. The van der Waals surface area contributed by atoms with Gasteiger partial charge >= 0.3 is 0 Å². The molecule has 0 unspecified atom stereocenters. The molecule has 3 N–H and O–H groups in total. The Morgan fingerprint density at radius 1 is 1.35 bits per heavy atom. The van der Waals surface area contributed by atoms with Gasteiger partial charge in [0.25, 0.3) is 5.91 Å². The lowest BCUT2D eigenvalue weighted by atomic mass is 10.0. The number of hydrogen-bond acceptors (Lipinski definition) is 6. The topological polar surface area (TPSA) is 125 Å². The first-order valence-corrected chi connectivity index (χ1v) is 7.35. The minimum absolute atomic E-state index is 0.0620. The first-order chi connectivity index (χ1) is 11.1. The highest BCUT2D eigenvalue weighted by Gasteiger charge is 2.21. The van der Waals surface area contributed by atoms with Crippen molar-refractivity contribution in [2.24, 2.45) is 5.92 Å². The molecule has 1 aromatic heterocycles. The van der Waals surface area contributed by atoms with Gasteiger partial charge in [0, 0.05) is 12.4 Å². The quantitative estimate of drug-likeness (QED) is 0.259. The van der Waals surface area contributed by atoms with Gasteiger partial charge in [-0.15, -0.1) is 0 Å². The molecular formula is C14H21N5O4. The van der Waals surface area contributed by atoms with Crippen molar-refractivity contribution in [3.63, 3.8) is 0 Å². The fourth-order valence-electron chi connectivity index (χ4n) is 1.92. The molecule has 0 saturated heterocycles. The number of unbranched alkanes of at least 4 members (excludes halogenated alkanes) is 2. The van der Waals surface area contributed by atoms with Crippen molar-refractivity contribution in [2.75, 3.05) is 6.54 Å². The Hall–Kier alpha value is -2.55. The van der Waals surface area contributed by atoms with Crippen LogP contribution in [0.25, 0.3) is 0 Å². The summed E-state index contributed by atoms with van der Waals surface area (Å²) in [6.07, 6.45) is 7.47. The van der Waals surface area contributed by atoms with E-state index in [0.717, 1.165) is 19.3 Å². The number of amides is 3. The number of rotatable bonds is 9. The van der Waals surface area contributed by atoms with Gasteiger partial charge in [0.1, 0.15) is 5.69 Å². The number of hydrazine groups is 1. The van der Waals surface area contributed by atoms with Gasteiger partial charge in [-0.3, -0.25) is 35.4 Å². The monoisotopic (exact) mass is 323 g/mol. The molecule has 9 heteroatoms. The van der Waals surface area contributed by atoms with Crippen LogP contribution in [0.5, 0.6) is 0 Å². The molecule has 0 radical (unpaired) electrons. The number of nitrogens with zero attached hydrogens (tertiary/aromatic N) is 3. The van der Waals surface area contributed by atoms with Gasteiger partial charge in [0.2, 0.25) is 12.3 Å². The van der Waals surface area contributed by atoms with Gasteiger partial charge in [0.15, 0.2) is 0 Å². The minimum Gasteiger partial charge on any atom is -0.286 e. The second-order valence-electron chi connectivity index (χ2n) is 4.95. The second-order valence-corrected chi connectivity index (χ2v) is 4.95. The van der Waals surface area contributed by atoms with Crippen molar-refractivity contribution in [1.82, 2.24) is 25.9 Å². The Bertz CT molecular complexity index is 511. The van der Waals surface area contributed by atoms with Gasteiger partial charge in [-0.1, -0.05) is 26.2 Å². The smallest absolute Gasteiger partial charge is 0.286 e. The second kappa shape index (κ2) is 10.2. The van der Waals surface area contributed by atoms with E-state index in [-0.39, 0.29) is 18.6 Å². The van der Waals surface area contributed by atoms with E-state index in [9.17, 15) is 19.6 Å². The molecule has 0 fully saturated rings. The van der Waals surface area contributed by atoms with Gasteiger partial charge in [-0.2, -0.15) is 0 Å². The van der Waals surface area contributed by atoms with E-state index in [1.165, 1.54) is 18.6 Å². The van der Waals surface area contributed by atoms with Gasteiger partial charge in [0.05, 0.1) is 18.7 Å². The van der Waals surface area contributed by atoms with Crippen molar-refractivity contribution in [3.8, 4) is 0 Å². The maximum absolute atomic E-state index is 12.1. The Morgan fingerprint density at radius 2 is 2.13 bits per heavy atom. The van der Waals surface area contributed by atoms with E-state index in [0.29, 0.717) is 11.5 Å². The van der Waals surface area contributed by atoms with Crippen molar-refractivity contribution in [3.05, 3.63) is 24.3 Å². The lowest BCUT2D eigenvalue weighted by Gasteiger charge is -2.19. The molecule has 0 bridgehead atoms. The average molecular weight is 323 g/mol. The first-order valence-electron chi connectivity index (χ1n) is 7.35. The van der Waals surface area contributed by atoms with E-state index >= 15 is 0 Å². The molecule has 23 heavy (non-hydrogen) atoms. The molecule has 1 rings (SSSR count). The highest BCUT2D eigenvalue weighted by atomic mass is 16.5. The van der Waals surface area contributed by atoms with Crippen LogP contribution in [0.1, 0.15) is 43.1 Å². The van der Waals surface area contributed by atoms with Gasteiger partial charge in [-0.25, -0.2) is 10.0 Å². The lowest BCUT2D eigenvalue weighted by Crippen LogP contribution is -2.47. The summed E-state index contributed by atoms with van der Waals surface area (Å²) >= 11 is 0. The highest BCUT2D eigenvalue weighted by molar-refractivity contribution is 5.93. The van der Waals surface area contributed by atoms with E-state index in [1.54, 1.807) is 0 Å². The molecule has 0 spiro atoms. The largest absolute Gasteiger partial charge is 0.289 e. The third-order valence-corrected chi connectivity index (χ3v) is 3.15. The van der Waals surface area contributed by atoms with E-state index in [2.05, 4.69) is 20.8 Å².